The summed E-state index contributed by atoms with van der Waals surface area (Å²) in [5, 5.41) is 7.31. The largest absolute Gasteiger partial charge is 0.451 e. The Kier molecular flexibility index (Phi) is 7.51. The highest BCUT2D eigenvalue weighted by Gasteiger charge is 2.37. The van der Waals surface area contributed by atoms with Gasteiger partial charge in [0.1, 0.15) is 5.82 Å². The van der Waals surface area contributed by atoms with E-state index in [9.17, 15) is 18.0 Å². The molecule has 9 nitrogen and oxygen atoms in total. The van der Waals surface area contributed by atoms with Gasteiger partial charge < -0.3 is 20.3 Å². The third-order valence-corrected chi connectivity index (χ3v) is 8.31. The van der Waals surface area contributed by atoms with Crippen molar-refractivity contribution < 1.29 is 22.7 Å². The van der Waals surface area contributed by atoms with Crippen molar-refractivity contribution in [1.29, 1.82) is 0 Å². The van der Waals surface area contributed by atoms with E-state index >= 15 is 0 Å². The van der Waals surface area contributed by atoms with E-state index in [1.165, 1.54) is 12.4 Å². The second kappa shape index (κ2) is 11.1. The average Bonchev–Trinajstić information content (AvgIpc) is 3.56. The second-order valence-electron chi connectivity index (χ2n) is 10.5. The summed E-state index contributed by atoms with van der Waals surface area (Å²) in [6, 6.07) is 6.85. The fourth-order valence-electron chi connectivity index (χ4n) is 5.90. The molecule has 13 heteroatoms. The summed E-state index contributed by atoms with van der Waals surface area (Å²) in [6.07, 6.45) is -2.30. The molecule has 1 aromatic carbocycles. The molecule has 0 bridgehead atoms. The molecule has 2 aromatic heterocycles. The van der Waals surface area contributed by atoms with Gasteiger partial charge in [0.15, 0.2) is 0 Å². The lowest BCUT2D eigenvalue weighted by atomic mass is 10.0. The number of morpholine rings is 1. The molecule has 3 aliphatic heterocycles. The maximum Gasteiger partial charge on any atom is 0.451 e. The maximum absolute atomic E-state index is 13.5. The molecule has 40 heavy (non-hydrogen) atoms. The van der Waals surface area contributed by atoms with Crippen LogP contribution in [0.1, 0.15) is 27.8 Å². The Bertz CT molecular complexity index is 1370. The first-order valence-corrected chi connectivity index (χ1v) is 13.7. The Hall–Kier alpha value is -3.06. The number of nitrogens with zero attached hydrogens (tertiary/aromatic N) is 5. The number of carbonyl (C=O) groups is 1. The minimum absolute atomic E-state index is 0.121. The number of ether oxygens (including phenoxy) is 1. The topological polar surface area (TPSA) is 95.5 Å². The molecule has 2 N–H and O–H groups in total. The number of rotatable bonds is 6. The Morgan fingerprint density at radius 2 is 1.80 bits per heavy atom. The highest BCUT2D eigenvalue weighted by atomic mass is 35.5. The second-order valence-corrected chi connectivity index (χ2v) is 10.9. The number of aromatic nitrogens is 3. The third-order valence-electron chi connectivity index (χ3n) is 8.00. The van der Waals surface area contributed by atoms with Crippen LogP contribution in [0.2, 0.25) is 5.02 Å². The highest BCUT2D eigenvalue weighted by Crippen LogP contribution is 2.33. The van der Waals surface area contributed by atoms with Gasteiger partial charge in [-0.1, -0.05) is 11.6 Å². The van der Waals surface area contributed by atoms with E-state index in [0.29, 0.717) is 65.2 Å². The van der Waals surface area contributed by atoms with E-state index in [1.807, 2.05) is 23.1 Å². The minimum Gasteiger partial charge on any atom is -0.379 e. The van der Waals surface area contributed by atoms with Crippen molar-refractivity contribution in [3.05, 3.63) is 58.6 Å². The smallest absolute Gasteiger partial charge is 0.379 e. The number of fused-ring (bicyclic) bond motifs is 2. The van der Waals surface area contributed by atoms with Crippen LogP contribution in [0.5, 0.6) is 0 Å². The van der Waals surface area contributed by atoms with Gasteiger partial charge in [0.2, 0.25) is 5.82 Å². The van der Waals surface area contributed by atoms with Crippen LogP contribution in [0.3, 0.4) is 0 Å². The van der Waals surface area contributed by atoms with Crippen LogP contribution in [-0.4, -0.2) is 84.8 Å². The van der Waals surface area contributed by atoms with Gasteiger partial charge in [-0.05, 0) is 36.1 Å². The van der Waals surface area contributed by atoms with Crippen LogP contribution in [0, 0.1) is 11.8 Å². The van der Waals surface area contributed by atoms with Crippen molar-refractivity contribution >= 4 is 34.2 Å². The van der Waals surface area contributed by atoms with Gasteiger partial charge in [-0.25, -0.2) is 15.0 Å². The van der Waals surface area contributed by atoms with Crippen molar-refractivity contribution in [3.8, 4) is 0 Å². The molecular weight excluding hydrogens is 547 g/mol. The summed E-state index contributed by atoms with van der Waals surface area (Å²) in [5.74, 6) is 0.532. The molecule has 0 spiro atoms. The zero-order chi connectivity index (χ0) is 27.9. The van der Waals surface area contributed by atoms with E-state index in [4.69, 9.17) is 21.3 Å². The summed E-state index contributed by atoms with van der Waals surface area (Å²) in [7, 11) is 0. The zero-order valence-corrected chi connectivity index (χ0v) is 22.4. The fourth-order valence-corrected chi connectivity index (χ4v) is 6.15. The number of halogens is 4. The molecule has 5 heterocycles. The number of anilines is 1. The highest BCUT2D eigenvalue weighted by molar-refractivity contribution is 6.35. The van der Waals surface area contributed by atoms with Crippen LogP contribution in [0.15, 0.2) is 36.7 Å². The third kappa shape index (κ3) is 5.45. The molecule has 3 atom stereocenters. The molecule has 6 rings (SSSR count). The first-order chi connectivity index (χ1) is 19.3. The van der Waals surface area contributed by atoms with Crippen LogP contribution in [0.25, 0.3) is 10.9 Å². The van der Waals surface area contributed by atoms with Crippen LogP contribution in [-0.2, 0) is 10.9 Å². The molecule has 3 aliphatic rings. The van der Waals surface area contributed by atoms with Crippen molar-refractivity contribution in [3.63, 3.8) is 0 Å². The van der Waals surface area contributed by atoms with E-state index in [2.05, 4.69) is 25.5 Å². The number of benzene rings is 1. The number of hydrogen-bond donors (Lipinski definition) is 2. The Morgan fingerprint density at radius 1 is 1.10 bits per heavy atom. The summed E-state index contributed by atoms with van der Waals surface area (Å²) in [6.45, 7) is 6.14. The Morgan fingerprint density at radius 3 is 2.48 bits per heavy atom. The van der Waals surface area contributed by atoms with Gasteiger partial charge in [0.25, 0.3) is 5.91 Å². The predicted octanol–water partition coefficient (Wildman–Crippen LogP) is 3.16. The first kappa shape index (κ1) is 27.1. The number of hydrogen-bond acceptors (Lipinski definition) is 8. The molecule has 0 radical (unpaired) electrons. The molecule has 3 unspecified atom stereocenters. The number of nitrogens with one attached hydrogen (secondary N) is 2. The van der Waals surface area contributed by atoms with E-state index < -0.39 is 23.9 Å². The number of pyridine rings is 1. The summed E-state index contributed by atoms with van der Waals surface area (Å²) in [5.41, 5.74) is 1.45. The molecule has 3 saturated heterocycles. The van der Waals surface area contributed by atoms with Crippen LogP contribution in [0.4, 0.5) is 19.0 Å². The minimum atomic E-state index is -4.63. The van der Waals surface area contributed by atoms with Gasteiger partial charge >= 0.3 is 6.18 Å². The van der Waals surface area contributed by atoms with Crippen molar-refractivity contribution in [2.75, 3.05) is 63.9 Å². The van der Waals surface area contributed by atoms with E-state index in [-0.39, 0.29) is 6.54 Å². The van der Waals surface area contributed by atoms with Gasteiger partial charge in [-0.15, -0.1) is 0 Å². The molecule has 3 aromatic rings. The standard InChI is InChI=1S/C27H29ClF3N7O2/c28-20-2-3-21-19(1-4-23(36-21)38-14-17-9-32-10-18(17)15-38)24(20)25(39)33-13-22(37-5-7-40-8-6-37)16-11-34-26(35-12-16)27(29,30)31/h1-4,11-12,17-18,22,32H,5-10,13-15H2,(H,33,39). The molecule has 0 aliphatic carbocycles. The van der Waals surface area contributed by atoms with Gasteiger partial charge in [0, 0.05) is 69.2 Å². The van der Waals surface area contributed by atoms with Crippen molar-refractivity contribution in [2.45, 2.75) is 12.2 Å². The lowest BCUT2D eigenvalue weighted by Gasteiger charge is -2.34. The fraction of sp³-hybridized carbons (Fsp3) is 0.481. The Balaban J connectivity index is 1.22. The monoisotopic (exact) mass is 575 g/mol. The van der Waals surface area contributed by atoms with Crippen LogP contribution < -0.4 is 15.5 Å². The zero-order valence-electron chi connectivity index (χ0n) is 21.6. The predicted molar refractivity (Wildman–Crippen MR) is 143 cm³/mol. The molecule has 3 fully saturated rings. The van der Waals surface area contributed by atoms with Crippen LogP contribution >= 0.6 is 11.6 Å². The van der Waals surface area contributed by atoms with Crippen molar-refractivity contribution in [1.82, 2.24) is 30.5 Å². The Labute approximate surface area is 234 Å². The maximum atomic E-state index is 13.5. The van der Waals surface area contributed by atoms with Crippen molar-refractivity contribution in [2.24, 2.45) is 11.8 Å². The van der Waals surface area contributed by atoms with Gasteiger partial charge in [-0.3, -0.25) is 9.69 Å². The quantitative estimate of drug-likeness (QED) is 0.463. The lowest BCUT2D eigenvalue weighted by Crippen LogP contribution is -2.44. The summed E-state index contributed by atoms with van der Waals surface area (Å²) in [4.78, 5) is 29.7. The molecule has 212 valence electrons. The van der Waals surface area contributed by atoms with Gasteiger partial charge in [-0.2, -0.15) is 13.2 Å². The normalized spacial score (nSPS) is 22.4. The summed E-state index contributed by atoms with van der Waals surface area (Å²) >= 11 is 6.51. The molecular formula is C27H29ClF3N7O2. The van der Waals surface area contributed by atoms with Gasteiger partial charge in [0.05, 0.1) is 35.4 Å². The lowest BCUT2D eigenvalue weighted by molar-refractivity contribution is -0.145. The van der Waals surface area contributed by atoms with E-state index in [0.717, 1.165) is 32.0 Å². The number of carbonyl (C=O) groups excluding carboxylic acids is 1. The molecule has 1 amide bonds. The number of alkyl halides is 3. The molecule has 0 saturated carbocycles. The SMILES string of the molecule is O=C(NCC(c1cnc(C(F)(F)F)nc1)N1CCOCC1)c1c(Cl)ccc2nc(N3CC4CNCC4C3)ccc12. The summed E-state index contributed by atoms with van der Waals surface area (Å²) < 4.78 is 44.5. The average molecular weight is 576 g/mol. The first-order valence-electron chi connectivity index (χ1n) is 13.3. The van der Waals surface area contributed by atoms with E-state index in [1.54, 1.807) is 6.07 Å². The number of amides is 1.